The van der Waals surface area contributed by atoms with Gasteiger partial charge in [-0.1, -0.05) is 6.07 Å². The fraction of sp³-hybridized carbons (Fsp3) is 0.571. The summed E-state index contributed by atoms with van der Waals surface area (Å²) in [5, 5.41) is 3.54. The molecule has 3 nitrogen and oxygen atoms in total. The summed E-state index contributed by atoms with van der Waals surface area (Å²) >= 11 is 0. The van der Waals surface area contributed by atoms with E-state index in [0.29, 0.717) is 12.0 Å². The Bertz CT molecular complexity index is 470. The Morgan fingerprint density at radius 1 is 1.41 bits per heavy atom. The largest absolute Gasteiger partial charge is 0.490 e. The van der Waals surface area contributed by atoms with Crippen molar-refractivity contribution in [1.82, 2.24) is 5.32 Å². The second-order valence-electron chi connectivity index (χ2n) is 5.35. The maximum Gasteiger partial charge on any atom is 0.143 e. The van der Waals surface area contributed by atoms with Crippen LogP contribution in [0.5, 0.6) is 5.75 Å². The number of nitrogens with one attached hydrogen (secondary N) is 1. The third-order valence-electron chi connectivity index (χ3n) is 4.49. The molecule has 90 valence electrons. The molecule has 1 fully saturated rings. The number of rotatable bonds is 0. The minimum Gasteiger partial charge on any atom is -0.490 e. The van der Waals surface area contributed by atoms with Gasteiger partial charge in [0.15, 0.2) is 0 Å². The highest BCUT2D eigenvalue weighted by Crippen LogP contribution is 2.50. The number of piperidine rings is 1. The molecule has 1 saturated heterocycles. The molecule has 0 bridgehead atoms. The molecule has 1 N–H and O–H groups in total. The highest BCUT2D eigenvalue weighted by Gasteiger charge is 2.43. The monoisotopic (exact) mass is 230 g/mol. The fourth-order valence-electron chi connectivity index (χ4n) is 3.78. The lowest BCUT2D eigenvalue weighted by molar-refractivity contribution is 0.295. The first kappa shape index (κ1) is 9.77. The van der Waals surface area contributed by atoms with Crippen LogP contribution in [-0.4, -0.2) is 32.3 Å². The van der Waals surface area contributed by atoms with E-state index in [-0.39, 0.29) is 0 Å². The number of hydrogen-bond donors (Lipinski definition) is 1. The van der Waals surface area contributed by atoms with Crippen molar-refractivity contribution in [1.29, 1.82) is 0 Å². The van der Waals surface area contributed by atoms with Crippen molar-refractivity contribution in [3.8, 4) is 5.75 Å². The van der Waals surface area contributed by atoms with Gasteiger partial charge < -0.3 is 15.0 Å². The van der Waals surface area contributed by atoms with Crippen LogP contribution >= 0.6 is 0 Å². The molecular weight excluding hydrogens is 212 g/mol. The van der Waals surface area contributed by atoms with E-state index in [1.165, 1.54) is 17.7 Å². The molecule has 0 spiro atoms. The second kappa shape index (κ2) is 3.39. The van der Waals surface area contributed by atoms with Crippen molar-refractivity contribution < 1.29 is 4.74 Å². The van der Waals surface area contributed by atoms with Crippen LogP contribution < -0.4 is 15.0 Å². The van der Waals surface area contributed by atoms with Gasteiger partial charge in [-0.05, 0) is 37.1 Å². The molecule has 4 rings (SSSR count). The number of hydrogen-bond acceptors (Lipinski definition) is 3. The lowest BCUT2D eigenvalue weighted by atomic mass is 9.88. The lowest BCUT2D eigenvalue weighted by Crippen LogP contribution is -2.46. The third kappa shape index (κ3) is 1.20. The molecule has 0 aromatic heterocycles. The summed E-state index contributed by atoms with van der Waals surface area (Å²) in [6, 6.07) is 5.06. The zero-order chi connectivity index (χ0) is 11.4. The molecule has 0 aliphatic carbocycles. The Kier molecular flexibility index (Phi) is 1.95. The van der Waals surface area contributed by atoms with E-state index >= 15 is 0 Å². The smallest absolute Gasteiger partial charge is 0.143 e. The zero-order valence-electron chi connectivity index (χ0n) is 10.2. The number of aryl methyl sites for hydroxylation is 1. The SMILES string of the molecule is Cc1ccc2c3c1[C@H]1CNCC[C@H]1N3CCO2. The predicted octanol–water partition coefficient (Wildman–Crippen LogP) is 1.65. The van der Waals surface area contributed by atoms with E-state index in [1.54, 1.807) is 5.56 Å². The minimum absolute atomic E-state index is 0.667. The Labute approximate surface area is 102 Å². The Morgan fingerprint density at radius 2 is 2.35 bits per heavy atom. The maximum absolute atomic E-state index is 5.81. The second-order valence-corrected chi connectivity index (χ2v) is 5.35. The standard InChI is InChI=1S/C14H18N2O/c1-9-2-3-12-14-13(9)10-8-15-5-4-11(10)16(14)6-7-17-12/h2-3,10-11,15H,4-8H2,1H3/t10-,11+/m0/s1. The summed E-state index contributed by atoms with van der Waals surface area (Å²) in [5.74, 6) is 1.77. The average molecular weight is 230 g/mol. The van der Waals surface area contributed by atoms with Gasteiger partial charge in [-0.25, -0.2) is 0 Å². The van der Waals surface area contributed by atoms with Crippen LogP contribution in [-0.2, 0) is 0 Å². The van der Waals surface area contributed by atoms with Crippen LogP contribution in [0.1, 0.15) is 23.5 Å². The van der Waals surface area contributed by atoms with Crippen molar-refractivity contribution in [2.24, 2.45) is 0 Å². The number of benzene rings is 1. The van der Waals surface area contributed by atoms with Crippen LogP contribution in [0.2, 0.25) is 0 Å². The van der Waals surface area contributed by atoms with E-state index in [0.717, 1.165) is 32.0 Å². The van der Waals surface area contributed by atoms with Crippen LogP contribution in [0.15, 0.2) is 12.1 Å². The van der Waals surface area contributed by atoms with E-state index in [9.17, 15) is 0 Å². The van der Waals surface area contributed by atoms with E-state index in [4.69, 9.17) is 4.74 Å². The third-order valence-corrected chi connectivity index (χ3v) is 4.49. The molecule has 3 heterocycles. The van der Waals surface area contributed by atoms with Gasteiger partial charge in [-0.3, -0.25) is 0 Å². The summed E-state index contributed by atoms with van der Waals surface area (Å²) in [6.45, 7) is 6.41. The molecule has 1 aromatic rings. The van der Waals surface area contributed by atoms with Gasteiger partial charge in [0.05, 0.1) is 12.2 Å². The molecule has 1 aromatic carbocycles. The van der Waals surface area contributed by atoms with Crippen molar-refractivity contribution in [3.05, 3.63) is 23.3 Å². The lowest BCUT2D eigenvalue weighted by Gasteiger charge is -2.36. The highest BCUT2D eigenvalue weighted by atomic mass is 16.5. The van der Waals surface area contributed by atoms with Gasteiger partial charge in [-0.2, -0.15) is 0 Å². The summed E-state index contributed by atoms with van der Waals surface area (Å²) in [5.41, 5.74) is 4.37. The number of ether oxygens (including phenoxy) is 1. The number of fused-ring (bicyclic) bond motifs is 3. The van der Waals surface area contributed by atoms with Gasteiger partial charge in [0.2, 0.25) is 0 Å². The summed E-state index contributed by atoms with van der Waals surface area (Å²) in [7, 11) is 0. The quantitative estimate of drug-likeness (QED) is 0.733. The molecule has 3 heteroatoms. The molecule has 17 heavy (non-hydrogen) atoms. The summed E-state index contributed by atoms with van der Waals surface area (Å²) in [6.07, 6.45) is 1.26. The zero-order valence-corrected chi connectivity index (χ0v) is 10.2. The molecule has 3 aliphatic heterocycles. The van der Waals surface area contributed by atoms with Crippen molar-refractivity contribution in [3.63, 3.8) is 0 Å². The van der Waals surface area contributed by atoms with Crippen LogP contribution in [0, 0.1) is 6.92 Å². The predicted molar refractivity (Wildman–Crippen MR) is 68.0 cm³/mol. The first-order valence-corrected chi connectivity index (χ1v) is 6.60. The average Bonchev–Trinajstić information content (AvgIpc) is 2.71. The molecule has 0 amide bonds. The molecule has 3 aliphatic rings. The number of nitrogens with zero attached hydrogens (tertiary/aromatic N) is 1. The maximum atomic E-state index is 5.81. The van der Waals surface area contributed by atoms with Crippen LogP contribution in [0.4, 0.5) is 5.69 Å². The van der Waals surface area contributed by atoms with Gasteiger partial charge in [0.25, 0.3) is 0 Å². The summed E-state index contributed by atoms with van der Waals surface area (Å²) in [4.78, 5) is 2.60. The Balaban J connectivity index is 1.93. The van der Waals surface area contributed by atoms with Crippen LogP contribution in [0.3, 0.4) is 0 Å². The topological polar surface area (TPSA) is 24.5 Å². The van der Waals surface area contributed by atoms with E-state index in [1.807, 2.05) is 0 Å². The first-order valence-electron chi connectivity index (χ1n) is 6.60. The van der Waals surface area contributed by atoms with Crippen molar-refractivity contribution in [2.75, 3.05) is 31.1 Å². The molecule has 0 saturated carbocycles. The van der Waals surface area contributed by atoms with Crippen molar-refractivity contribution >= 4 is 5.69 Å². The van der Waals surface area contributed by atoms with E-state index < -0.39 is 0 Å². The first-order chi connectivity index (χ1) is 8.36. The molecular formula is C14H18N2O. The Hall–Kier alpha value is -1.22. The highest BCUT2D eigenvalue weighted by molar-refractivity contribution is 5.73. The van der Waals surface area contributed by atoms with Crippen LogP contribution in [0.25, 0.3) is 0 Å². The Morgan fingerprint density at radius 3 is 3.29 bits per heavy atom. The summed E-state index contributed by atoms with van der Waals surface area (Å²) < 4.78 is 5.81. The van der Waals surface area contributed by atoms with Gasteiger partial charge in [-0.15, -0.1) is 0 Å². The molecule has 0 radical (unpaired) electrons. The van der Waals surface area contributed by atoms with E-state index in [2.05, 4.69) is 29.3 Å². The fourth-order valence-corrected chi connectivity index (χ4v) is 3.78. The molecule has 2 atom stereocenters. The molecule has 0 unspecified atom stereocenters. The van der Waals surface area contributed by atoms with Gasteiger partial charge >= 0.3 is 0 Å². The minimum atomic E-state index is 0.667. The van der Waals surface area contributed by atoms with Gasteiger partial charge in [0.1, 0.15) is 12.4 Å². The number of anilines is 1. The van der Waals surface area contributed by atoms with Crippen molar-refractivity contribution in [2.45, 2.75) is 25.3 Å². The van der Waals surface area contributed by atoms with Gasteiger partial charge in [0, 0.05) is 18.5 Å². The normalized spacial score (nSPS) is 29.6.